The summed E-state index contributed by atoms with van der Waals surface area (Å²) in [6.45, 7) is 14.0. The molecule has 1 aliphatic heterocycles. The second-order valence-electron chi connectivity index (χ2n) is 13.8. The Bertz CT molecular complexity index is 1570. The van der Waals surface area contributed by atoms with Crippen LogP contribution in [0.15, 0.2) is 60.8 Å². The van der Waals surface area contributed by atoms with Crippen LogP contribution in [0, 0.1) is 6.92 Å². The molecule has 1 N–H and O–H groups in total. The van der Waals surface area contributed by atoms with E-state index in [1.54, 1.807) is 0 Å². The van der Waals surface area contributed by atoms with Gasteiger partial charge in [0.1, 0.15) is 0 Å². The van der Waals surface area contributed by atoms with Crippen LogP contribution in [0.2, 0.25) is 0 Å². The van der Waals surface area contributed by atoms with E-state index in [2.05, 4.69) is 123 Å². The highest BCUT2D eigenvalue weighted by Gasteiger charge is 2.37. The molecule has 6 rings (SSSR count). The molecule has 1 fully saturated rings. The molecule has 3 aromatic carbocycles. The third-order valence-electron chi connectivity index (χ3n) is 9.71. The number of benzene rings is 3. The second-order valence-corrected chi connectivity index (χ2v) is 13.8. The summed E-state index contributed by atoms with van der Waals surface area (Å²) in [4.78, 5) is 14.4. The van der Waals surface area contributed by atoms with Crippen molar-refractivity contribution < 1.29 is 0 Å². The largest absolute Gasteiger partial charge is 0.370 e. The molecule has 1 aromatic heterocycles. The zero-order valence-electron chi connectivity index (χ0n) is 25.9. The van der Waals surface area contributed by atoms with Crippen molar-refractivity contribution >= 4 is 28.2 Å². The monoisotopic (exact) mass is 547 g/mol. The van der Waals surface area contributed by atoms with Crippen LogP contribution in [-0.2, 0) is 10.8 Å². The van der Waals surface area contributed by atoms with Crippen molar-refractivity contribution in [3.63, 3.8) is 0 Å². The Morgan fingerprint density at radius 2 is 1.61 bits per heavy atom. The number of anilines is 3. The van der Waals surface area contributed by atoms with Gasteiger partial charge in [-0.25, -0.2) is 9.97 Å². The Hall–Kier alpha value is -3.44. The van der Waals surface area contributed by atoms with E-state index < -0.39 is 0 Å². The van der Waals surface area contributed by atoms with E-state index >= 15 is 0 Å². The Morgan fingerprint density at radius 1 is 0.902 bits per heavy atom. The molecule has 0 radical (unpaired) electrons. The van der Waals surface area contributed by atoms with Gasteiger partial charge in [0.2, 0.25) is 5.95 Å². The fourth-order valence-electron chi connectivity index (χ4n) is 6.78. The van der Waals surface area contributed by atoms with Crippen LogP contribution in [0.4, 0.5) is 17.3 Å². The highest BCUT2D eigenvalue weighted by Crippen LogP contribution is 2.47. The van der Waals surface area contributed by atoms with Crippen LogP contribution in [-0.4, -0.2) is 48.1 Å². The first-order chi connectivity index (χ1) is 19.5. The van der Waals surface area contributed by atoms with Crippen molar-refractivity contribution in [1.29, 1.82) is 0 Å². The number of likely N-dealkylation sites (N-methyl/N-ethyl adjacent to an activating group) is 1. The Balaban J connectivity index is 1.25. The van der Waals surface area contributed by atoms with Gasteiger partial charge in [0.05, 0.1) is 5.52 Å². The zero-order chi connectivity index (χ0) is 28.9. The van der Waals surface area contributed by atoms with Crippen molar-refractivity contribution in [3.8, 4) is 11.1 Å². The van der Waals surface area contributed by atoms with Gasteiger partial charge in [-0.2, -0.15) is 0 Å². The summed E-state index contributed by atoms with van der Waals surface area (Å²) in [6.07, 6.45) is 6.86. The van der Waals surface area contributed by atoms with Crippen molar-refractivity contribution in [1.82, 2.24) is 14.9 Å². The SMILES string of the molecule is Cc1cc2c(cc1-c1ccc3cnc(Nc4ccc(N5CCCC(N(C)C)C5)cc4)nc3c1)C(C)(C)CCC2(C)C. The second kappa shape index (κ2) is 10.4. The maximum absolute atomic E-state index is 4.93. The number of aromatic nitrogens is 2. The molecule has 0 spiro atoms. The van der Waals surface area contributed by atoms with E-state index in [1.807, 2.05) is 6.20 Å². The minimum atomic E-state index is 0.182. The Kier molecular flexibility index (Phi) is 7.05. The molecule has 4 aromatic rings. The average molecular weight is 548 g/mol. The van der Waals surface area contributed by atoms with Crippen molar-refractivity contribution in [2.45, 2.75) is 77.2 Å². The van der Waals surface area contributed by atoms with Gasteiger partial charge in [0.25, 0.3) is 0 Å². The summed E-state index contributed by atoms with van der Waals surface area (Å²) in [6, 6.07) is 20.8. The Morgan fingerprint density at radius 3 is 2.32 bits per heavy atom. The van der Waals surface area contributed by atoms with Gasteiger partial charge in [0, 0.05) is 42.1 Å². The predicted octanol–water partition coefficient (Wildman–Crippen LogP) is 8.23. The van der Waals surface area contributed by atoms with Gasteiger partial charge in [-0.1, -0.05) is 52.0 Å². The van der Waals surface area contributed by atoms with E-state index in [0.717, 1.165) is 29.7 Å². The van der Waals surface area contributed by atoms with E-state index in [-0.39, 0.29) is 10.8 Å². The van der Waals surface area contributed by atoms with Crippen LogP contribution in [0.5, 0.6) is 0 Å². The van der Waals surface area contributed by atoms with Crippen LogP contribution in [0.3, 0.4) is 0 Å². The third kappa shape index (κ3) is 5.44. The maximum Gasteiger partial charge on any atom is 0.227 e. The standard InChI is InChI=1S/C36H45N5/c1-24-19-31-32(36(4,5)17-16-35(31,2)3)21-30(24)25-10-11-26-22-37-34(39-33(26)20-25)38-27-12-14-28(15-13-27)41-18-8-9-29(23-41)40(6)7/h10-15,19-22,29H,8-9,16-18,23H2,1-7H3,(H,37,38,39). The molecule has 0 amide bonds. The topological polar surface area (TPSA) is 44.3 Å². The molecular formula is C36H45N5. The lowest BCUT2D eigenvalue weighted by molar-refractivity contribution is 0.258. The van der Waals surface area contributed by atoms with E-state index in [1.165, 1.54) is 59.2 Å². The quantitative estimate of drug-likeness (QED) is 0.273. The summed E-state index contributed by atoms with van der Waals surface area (Å²) >= 11 is 0. The molecule has 2 heterocycles. The van der Waals surface area contributed by atoms with Gasteiger partial charge < -0.3 is 15.1 Å². The molecule has 2 aliphatic rings. The molecule has 1 saturated heterocycles. The number of nitrogens with zero attached hydrogens (tertiary/aromatic N) is 4. The number of hydrogen-bond donors (Lipinski definition) is 1. The van der Waals surface area contributed by atoms with Crippen molar-refractivity contribution in [3.05, 3.63) is 77.5 Å². The maximum atomic E-state index is 4.93. The zero-order valence-corrected chi connectivity index (χ0v) is 25.9. The number of nitrogens with one attached hydrogen (secondary N) is 1. The molecule has 5 heteroatoms. The lowest BCUT2D eigenvalue weighted by Gasteiger charge is -2.42. The highest BCUT2D eigenvalue weighted by atomic mass is 15.2. The highest BCUT2D eigenvalue weighted by molar-refractivity contribution is 5.85. The number of fused-ring (bicyclic) bond motifs is 2. The molecular weight excluding hydrogens is 502 g/mol. The molecule has 0 saturated carbocycles. The summed E-state index contributed by atoms with van der Waals surface area (Å²) < 4.78 is 0. The van der Waals surface area contributed by atoms with E-state index in [9.17, 15) is 0 Å². The van der Waals surface area contributed by atoms with Crippen molar-refractivity contribution in [2.75, 3.05) is 37.4 Å². The number of aryl methyl sites for hydroxylation is 1. The lowest BCUT2D eigenvalue weighted by atomic mass is 9.62. The van der Waals surface area contributed by atoms with Gasteiger partial charge in [0.15, 0.2) is 0 Å². The van der Waals surface area contributed by atoms with E-state index in [4.69, 9.17) is 4.98 Å². The van der Waals surface area contributed by atoms with Gasteiger partial charge in [-0.15, -0.1) is 0 Å². The molecule has 5 nitrogen and oxygen atoms in total. The molecule has 0 bridgehead atoms. The normalized spacial score (nSPS) is 19.8. The molecule has 1 aliphatic carbocycles. The summed E-state index contributed by atoms with van der Waals surface area (Å²) in [7, 11) is 4.37. The van der Waals surface area contributed by atoms with Crippen LogP contribution < -0.4 is 10.2 Å². The first-order valence-corrected chi connectivity index (χ1v) is 15.2. The first-order valence-electron chi connectivity index (χ1n) is 15.2. The van der Waals surface area contributed by atoms with Crippen LogP contribution >= 0.6 is 0 Å². The van der Waals surface area contributed by atoms with Gasteiger partial charge in [-0.3, -0.25) is 0 Å². The number of rotatable bonds is 5. The Labute approximate surface area is 246 Å². The van der Waals surface area contributed by atoms with Crippen LogP contribution in [0.25, 0.3) is 22.0 Å². The fraction of sp³-hybridized carbons (Fsp3) is 0.444. The number of hydrogen-bond acceptors (Lipinski definition) is 5. The fourth-order valence-corrected chi connectivity index (χ4v) is 6.78. The third-order valence-corrected chi connectivity index (χ3v) is 9.71. The van der Waals surface area contributed by atoms with Crippen molar-refractivity contribution in [2.24, 2.45) is 0 Å². The first kappa shape index (κ1) is 27.7. The van der Waals surface area contributed by atoms with E-state index in [0.29, 0.717) is 12.0 Å². The molecule has 41 heavy (non-hydrogen) atoms. The minimum Gasteiger partial charge on any atom is -0.370 e. The average Bonchev–Trinajstić information content (AvgIpc) is 2.95. The number of piperidine rings is 1. The molecule has 1 unspecified atom stereocenters. The minimum absolute atomic E-state index is 0.182. The lowest BCUT2D eigenvalue weighted by Crippen LogP contribution is -2.45. The van der Waals surface area contributed by atoms with Crippen LogP contribution in [0.1, 0.15) is 70.1 Å². The smallest absolute Gasteiger partial charge is 0.227 e. The summed E-state index contributed by atoms with van der Waals surface area (Å²) in [5.41, 5.74) is 10.5. The van der Waals surface area contributed by atoms with Gasteiger partial charge in [-0.05, 0) is 116 Å². The molecule has 214 valence electrons. The predicted molar refractivity (Wildman–Crippen MR) is 174 cm³/mol. The molecule has 1 atom stereocenters. The summed E-state index contributed by atoms with van der Waals surface area (Å²) in [5, 5.41) is 4.48. The van der Waals surface area contributed by atoms with Gasteiger partial charge >= 0.3 is 0 Å². The summed E-state index contributed by atoms with van der Waals surface area (Å²) in [5.74, 6) is 0.623.